The molecule has 1 aliphatic rings. The van der Waals surface area contributed by atoms with E-state index in [9.17, 15) is 4.79 Å². The zero-order valence-corrected chi connectivity index (χ0v) is 11.2. The summed E-state index contributed by atoms with van der Waals surface area (Å²) in [4.78, 5) is 14.0. The Hall–Kier alpha value is -1.87. The number of anilines is 1. The zero-order valence-electron chi connectivity index (χ0n) is 11.2. The molecule has 0 amide bonds. The highest BCUT2D eigenvalue weighted by atomic mass is 16.5. The summed E-state index contributed by atoms with van der Waals surface area (Å²) in [7, 11) is 1.70. The van der Waals surface area contributed by atoms with Gasteiger partial charge in [-0.1, -0.05) is 0 Å². The van der Waals surface area contributed by atoms with E-state index in [-0.39, 0.29) is 17.6 Å². The maximum atomic E-state index is 11.9. The van der Waals surface area contributed by atoms with Gasteiger partial charge in [-0.15, -0.1) is 0 Å². The number of rotatable bonds is 4. The van der Waals surface area contributed by atoms with E-state index in [1.165, 1.54) is 4.68 Å². The molecule has 0 bridgehead atoms. The maximum absolute atomic E-state index is 11.9. The topological polar surface area (TPSA) is 71.2 Å². The van der Waals surface area contributed by atoms with Gasteiger partial charge in [-0.2, -0.15) is 10.4 Å². The van der Waals surface area contributed by atoms with E-state index in [2.05, 4.69) is 16.1 Å². The first-order valence-electron chi connectivity index (χ1n) is 6.38. The number of nitriles is 1. The summed E-state index contributed by atoms with van der Waals surface area (Å²) >= 11 is 0. The van der Waals surface area contributed by atoms with E-state index in [0.717, 1.165) is 25.2 Å². The van der Waals surface area contributed by atoms with Gasteiger partial charge in [-0.05, 0) is 13.3 Å². The van der Waals surface area contributed by atoms with Gasteiger partial charge in [-0.25, -0.2) is 4.68 Å². The monoisotopic (exact) mass is 262 g/mol. The second-order valence-electron chi connectivity index (χ2n) is 4.86. The Morgan fingerprint density at radius 1 is 1.68 bits per heavy atom. The molecule has 2 atom stereocenters. The fraction of sp³-hybridized carbons (Fsp3) is 0.615. The van der Waals surface area contributed by atoms with Crippen molar-refractivity contribution in [2.24, 2.45) is 5.92 Å². The molecule has 1 aliphatic heterocycles. The molecule has 0 N–H and O–H groups in total. The van der Waals surface area contributed by atoms with E-state index >= 15 is 0 Å². The minimum atomic E-state index is -0.222. The first-order chi connectivity index (χ1) is 9.13. The molecular weight excluding hydrogens is 244 g/mol. The van der Waals surface area contributed by atoms with Crippen molar-refractivity contribution in [1.29, 1.82) is 5.26 Å². The maximum Gasteiger partial charge on any atom is 0.268 e. The van der Waals surface area contributed by atoms with Crippen LogP contribution in [0.4, 0.5) is 5.69 Å². The summed E-state index contributed by atoms with van der Waals surface area (Å²) < 4.78 is 6.64. The molecule has 0 radical (unpaired) electrons. The lowest BCUT2D eigenvalue weighted by molar-refractivity contribution is 0.121. The second-order valence-corrected chi connectivity index (χ2v) is 4.86. The Balaban J connectivity index is 2.11. The van der Waals surface area contributed by atoms with Gasteiger partial charge in [0.1, 0.15) is 0 Å². The van der Waals surface area contributed by atoms with Gasteiger partial charge in [0, 0.05) is 26.3 Å². The van der Waals surface area contributed by atoms with Crippen LogP contribution in [0.25, 0.3) is 0 Å². The summed E-state index contributed by atoms with van der Waals surface area (Å²) in [5.74, 6) is -0.222. The molecule has 0 aliphatic carbocycles. The summed E-state index contributed by atoms with van der Waals surface area (Å²) in [6.07, 6.45) is 2.87. The van der Waals surface area contributed by atoms with Crippen molar-refractivity contribution in [3.63, 3.8) is 0 Å². The van der Waals surface area contributed by atoms with Crippen molar-refractivity contribution in [2.45, 2.75) is 26.0 Å². The standard InChI is InChI=1S/C13H18N4O2/c1-10(6-14)8-17-13(18)5-11(7-15-17)16-4-3-12(9-16)19-2/h5,7,10,12H,3-4,8-9H2,1-2H3. The summed E-state index contributed by atoms with van der Waals surface area (Å²) in [5, 5.41) is 12.9. The molecule has 19 heavy (non-hydrogen) atoms. The summed E-state index contributed by atoms with van der Waals surface area (Å²) in [6.45, 7) is 3.76. The Labute approximate surface area is 112 Å². The van der Waals surface area contributed by atoms with Gasteiger partial charge in [-0.3, -0.25) is 4.79 Å². The first kappa shape index (κ1) is 13.6. The molecule has 2 rings (SSSR count). The number of hydrogen-bond donors (Lipinski definition) is 0. The molecule has 2 unspecified atom stereocenters. The zero-order chi connectivity index (χ0) is 13.8. The van der Waals surface area contributed by atoms with Gasteiger partial charge >= 0.3 is 0 Å². The highest BCUT2D eigenvalue weighted by molar-refractivity contribution is 5.44. The van der Waals surface area contributed by atoms with Gasteiger partial charge in [0.25, 0.3) is 5.56 Å². The highest BCUT2D eigenvalue weighted by Crippen LogP contribution is 2.19. The molecule has 0 saturated carbocycles. The molecule has 1 aromatic heterocycles. The number of hydrogen-bond acceptors (Lipinski definition) is 5. The van der Waals surface area contributed by atoms with Gasteiger partial charge in [0.05, 0.1) is 36.5 Å². The molecule has 102 valence electrons. The minimum Gasteiger partial charge on any atom is -0.380 e. The normalized spacial score (nSPS) is 20.3. The number of methoxy groups -OCH3 is 1. The number of ether oxygens (including phenoxy) is 1. The SMILES string of the molecule is COC1CCN(c2cnn(CC(C)C#N)c(=O)c2)C1. The molecule has 6 nitrogen and oxygen atoms in total. The van der Waals surface area contributed by atoms with Crippen LogP contribution in [-0.4, -0.2) is 36.1 Å². The van der Waals surface area contributed by atoms with Crippen LogP contribution in [0, 0.1) is 17.2 Å². The predicted molar refractivity (Wildman–Crippen MR) is 70.9 cm³/mol. The van der Waals surface area contributed by atoms with Crippen molar-refractivity contribution in [1.82, 2.24) is 9.78 Å². The van der Waals surface area contributed by atoms with Crippen molar-refractivity contribution >= 4 is 5.69 Å². The van der Waals surface area contributed by atoms with Crippen LogP contribution < -0.4 is 10.5 Å². The quantitative estimate of drug-likeness (QED) is 0.795. The van der Waals surface area contributed by atoms with Crippen LogP contribution in [0.15, 0.2) is 17.1 Å². The van der Waals surface area contributed by atoms with Crippen molar-refractivity contribution in [3.05, 3.63) is 22.6 Å². The first-order valence-corrected chi connectivity index (χ1v) is 6.38. The second kappa shape index (κ2) is 5.85. The third-order valence-electron chi connectivity index (χ3n) is 3.37. The predicted octanol–water partition coefficient (Wildman–Crippen LogP) is 0.628. The smallest absolute Gasteiger partial charge is 0.268 e. The van der Waals surface area contributed by atoms with E-state index in [1.54, 1.807) is 26.3 Å². The lowest BCUT2D eigenvalue weighted by atomic mass is 10.2. The van der Waals surface area contributed by atoms with Gasteiger partial charge in [0.15, 0.2) is 0 Å². The van der Waals surface area contributed by atoms with Crippen LogP contribution in [0.5, 0.6) is 0 Å². The number of aromatic nitrogens is 2. The van der Waals surface area contributed by atoms with Crippen LogP contribution in [-0.2, 0) is 11.3 Å². The largest absolute Gasteiger partial charge is 0.380 e. The van der Waals surface area contributed by atoms with Crippen LogP contribution in [0.3, 0.4) is 0 Å². The Kier molecular flexibility index (Phi) is 4.17. The Bertz CT molecular complexity index is 534. The van der Waals surface area contributed by atoms with Crippen molar-refractivity contribution in [2.75, 3.05) is 25.1 Å². The fourth-order valence-electron chi connectivity index (χ4n) is 2.19. The molecule has 1 aromatic rings. The minimum absolute atomic E-state index is 0.166. The lowest BCUT2D eigenvalue weighted by Crippen LogP contribution is -2.28. The van der Waals surface area contributed by atoms with Crippen molar-refractivity contribution < 1.29 is 4.74 Å². The molecule has 0 spiro atoms. The third-order valence-corrected chi connectivity index (χ3v) is 3.37. The number of nitrogens with zero attached hydrogens (tertiary/aromatic N) is 4. The van der Waals surface area contributed by atoms with E-state index < -0.39 is 0 Å². The average Bonchev–Trinajstić information content (AvgIpc) is 2.89. The van der Waals surface area contributed by atoms with Gasteiger partial charge < -0.3 is 9.64 Å². The van der Waals surface area contributed by atoms with Crippen LogP contribution in [0.2, 0.25) is 0 Å². The molecule has 1 saturated heterocycles. The lowest BCUT2D eigenvalue weighted by Gasteiger charge is -2.18. The molecule has 2 heterocycles. The molecule has 6 heteroatoms. The Morgan fingerprint density at radius 2 is 2.47 bits per heavy atom. The summed E-state index contributed by atoms with van der Waals surface area (Å²) in [5.41, 5.74) is 0.658. The van der Waals surface area contributed by atoms with E-state index in [4.69, 9.17) is 10.00 Å². The average molecular weight is 262 g/mol. The molecule has 0 aromatic carbocycles. The van der Waals surface area contributed by atoms with Crippen molar-refractivity contribution in [3.8, 4) is 6.07 Å². The van der Waals surface area contributed by atoms with Crippen LogP contribution >= 0.6 is 0 Å². The van der Waals surface area contributed by atoms with E-state index in [0.29, 0.717) is 6.54 Å². The summed E-state index contributed by atoms with van der Waals surface area (Å²) in [6, 6.07) is 3.68. The van der Waals surface area contributed by atoms with Crippen LogP contribution in [0.1, 0.15) is 13.3 Å². The fourth-order valence-corrected chi connectivity index (χ4v) is 2.19. The highest BCUT2D eigenvalue weighted by Gasteiger charge is 2.22. The molecular formula is C13H18N4O2. The third kappa shape index (κ3) is 3.12. The van der Waals surface area contributed by atoms with Gasteiger partial charge in [0.2, 0.25) is 0 Å². The Morgan fingerprint density at radius 3 is 3.05 bits per heavy atom. The molecule has 1 fully saturated rings. The van der Waals surface area contributed by atoms with E-state index in [1.807, 2.05) is 0 Å².